The molecule has 0 amide bonds. The van der Waals surface area contributed by atoms with Crippen molar-refractivity contribution in [3.8, 4) is 5.75 Å². The molecule has 0 aliphatic carbocycles. The Bertz CT molecular complexity index is 858. The number of aliphatic imine (C=N–C) groups is 1. The SMILES string of the molecule is COc1ccc(NC(N)=NCCc2cn3cccc(C)c3n2)cc1.I. The lowest BCUT2D eigenvalue weighted by atomic mass is 10.3. The highest BCUT2D eigenvalue weighted by atomic mass is 127. The molecule has 2 heterocycles. The molecule has 6 nitrogen and oxygen atoms in total. The highest BCUT2D eigenvalue weighted by Gasteiger charge is 2.03. The van der Waals surface area contributed by atoms with Gasteiger partial charge >= 0.3 is 0 Å². The predicted octanol–water partition coefficient (Wildman–Crippen LogP) is 3.24. The van der Waals surface area contributed by atoms with Crippen molar-refractivity contribution in [1.82, 2.24) is 9.38 Å². The molecule has 0 fully saturated rings. The third-order valence-electron chi connectivity index (χ3n) is 3.74. The van der Waals surface area contributed by atoms with Crippen LogP contribution in [0.15, 0.2) is 53.8 Å². The molecule has 0 bridgehead atoms. The first-order chi connectivity index (χ1) is 11.7. The molecule has 0 saturated carbocycles. The Morgan fingerprint density at radius 3 is 2.72 bits per heavy atom. The van der Waals surface area contributed by atoms with E-state index in [2.05, 4.69) is 28.3 Å². The second-order valence-electron chi connectivity index (χ2n) is 5.52. The van der Waals surface area contributed by atoms with E-state index in [0.717, 1.165) is 34.8 Å². The number of benzene rings is 1. The fourth-order valence-corrected chi connectivity index (χ4v) is 2.48. The molecule has 7 heteroatoms. The molecule has 2 aromatic heterocycles. The number of anilines is 1. The van der Waals surface area contributed by atoms with Gasteiger partial charge in [-0.15, -0.1) is 24.0 Å². The lowest BCUT2D eigenvalue weighted by Gasteiger charge is -2.06. The quantitative estimate of drug-likeness (QED) is 0.355. The number of fused-ring (bicyclic) bond motifs is 1. The van der Waals surface area contributed by atoms with Crippen molar-refractivity contribution in [2.45, 2.75) is 13.3 Å². The minimum absolute atomic E-state index is 0. The van der Waals surface area contributed by atoms with Gasteiger partial charge in [0, 0.05) is 31.0 Å². The van der Waals surface area contributed by atoms with E-state index in [-0.39, 0.29) is 24.0 Å². The Morgan fingerprint density at radius 1 is 1.28 bits per heavy atom. The molecule has 1 aromatic carbocycles. The van der Waals surface area contributed by atoms with E-state index in [0.29, 0.717) is 12.5 Å². The van der Waals surface area contributed by atoms with Crippen LogP contribution < -0.4 is 15.8 Å². The molecule has 132 valence electrons. The summed E-state index contributed by atoms with van der Waals surface area (Å²) in [7, 11) is 1.64. The van der Waals surface area contributed by atoms with Crippen LogP contribution in [-0.2, 0) is 6.42 Å². The number of hydrogen-bond donors (Lipinski definition) is 2. The maximum atomic E-state index is 5.92. The van der Waals surface area contributed by atoms with Crippen molar-refractivity contribution in [3.63, 3.8) is 0 Å². The minimum atomic E-state index is 0. The van der Waals surface area contributed by atoms with Crippen molar-refractivity contribution < 1.29 is 4.74 Å². The average molecular weight is 451 g/mol. The highest BCUT2D eigenvalue weighted by molar-refractivity contribution is 14.0. The molecular weight excluding hydrogens is 429 g/mol. The van der Waals surface area contributed by atoms with Crippen LogP contribution in [0.5, 0.6) is 5.75 Å². The summed E-state index contributed by atoms with van der Waals surface area (Å²) >= 11 is 0. The van der Waals surface area contributed by atoms with Gasteiger partial charge in [-0.25, -0.2) is 4.98 Å². The lowest BCUT2D eigenvalue weighted by molar-refractivity contribution is 0.415. The Balaban J connectivity index is 0.00000225. The Hall–Kier alpha value is -2.29. The van der Waals surface area contributed by atoms with Crippen LogP contribution in [-0.4, -0.2) is 29.0 Å². The number of pyridine rings is 1. The monoisotopic (exact) mass is 451 g/mol. The maximum absolute atomic E-state index is 5.92. The molecule has 0 aliphatic rings. The standard InChI is InChI=1S/C18H21N5O.HI/c1-13-4-3-11-23-12-15(21-17(13)23)9-10-20-18(19)22-14-5-7-16(24-2)8-6-14;/h3-8,11-12H,9-10H2,1-2H3,(H3,19,20,22);1H. The Labute approximate surface area is 164 Å². The summed E-state index contributed by atoms with van der Waals surface area (Å²) in [4.78, 5) is 8.98. The van der Waals surface area contributed by atoms with Crippen LogP contribution in [0.4, 0.5) is 5.69 Å². The van der Waals surface area contributed by atoms with E-state index < -0.39 is 0 Å². The second kappa shape index (κ2) is 8.70. The topological polar surface area (TPSA) is 76.9 Å². The van der Waals surface area contributed by atoms with Crippen LogP contribution in [0.1, 0.15) is 11.3 Å². The summed E-state index contributed by atoms with van der Waals surface area (Å²) in [6.45, 7) is 2.64. The number of rotatable bonds is 5. The molecular formula is C18H22IN5O. The van der Waals surface area contributed by atoms with Crippen molar-refractivity contribution in [2.24, 2.45) is 10.7 Å². The Morgan fingerprint density at radius 2 is 2.04 bits per heavy atom. The summed E-state index contributed by atoms with van der Waals surface area (Å²) in [5, 5.41) is 3.06. The lowest BCUT2D eigenvalue weighted by Crippen LogP contribution is -2.23. The van der Waals surface area contributed by atoms with Crippen molar-refractivity contribution in [3.05, 3.63) is 60.0 Å². The van der Waals surface area contributed by atoms with Gasteiger partial charge in [-0.1, -0.05) is 6.07 Å². The molecule has 0 unspecified atom stereocenters. The fourth-order valence-electron chi connectivity index (χ4n) is 2.48. The van der Waals surface area contributed by atoms with Gasteiger partial charge in [0.25, 0.3) is 0 Å². The van der Waals surface area contributed by atoms with Gasteiger partial charge in [0.2, 0.25) is 0 Å². The molecule has 3 rings (SSSR count). The van der Waals surface area contributed by atoms with E-state index in [9.17, 15) is 0 Å². The highest BCUT2D eigenvalue weighted by Crippen LogP contribution is 2.14. The summed E-state index contributed by atoms with van der Waals surface area (Å²) in [5.41, 5.74) is 9.95. The van der Waals surface area contributed by atoms with E-state index >= 15 is 0 Å². The number of aryl methyl sites for hydroxylation is 1. The van der Waals surface area contributed by atoms with Gasteiger partial charge in [-0.05, 0) is 42.8 Å². The largest absolute Gasteiger partial charge is 0.497 e. The van der Waals surface area contributed by atoms with Crippen molar-refractivity contribution in [2.75, 3.05) is 19.0 Å². The third-order valence-corrected chi connectivity index (χ3v) is 3.74. The molecule has 0 spiro atoms. The number of halogens is 1. The number of nitrogens with one attached hydrogen (secondary N) is 1. The van der Waals surface area contributed by atoms with E-state index in [1.54, 1.807) is 7.11 Å². The average Bonchev–Trinajstić information content (AvgIpc) is 3.00. The fraction of sp³-hybridized carbons (Fsp3) is 0.222. The minimum Gasteiger partial charge on any atom is -0.497 e. The number of hydrogen-bond acceptors (Lipinski definition) is 3. The van der Waals surface area contributed by atoms with Crippen molar-refractivity contribution >= 4 is 41.3 Å². The summed E-state index contributed by atoms with van der Waals surface area (Å²) in [5.74, 6) is 1.19. The zero-order valence-corrected chi connectivity index (χ0v) is 16.6. The van der Waals surface area contributed by atoms with Gasteiger partial charge in [-0.2, -0.15) is 0 Å². The molecule has 3 N–H and O–H groups in total. The summed E-state index contributed by atoms with van der Waals surface area (Å²) < 4.78 is 7.16. The van der Waals surface area contributed by atoms with Crippen LogP contribution in [0.3, 0.4) is 0 Å². The predicted molar refractivity (Wildman–Crippen MR) is 112 cm³/mol. The zero-order chi connectivity index (χ0) is 16.9. The molecule has 0 saturated heterocycles. The van der Waals surface area contributed by atoms with Crippen LogP contribution in [0.25, 0.3) is 5.65 Å². The first-order valence-corrected chi connectivity index (χ1v) is 7.80. The van der Waals surface area contributed by atoms with Crippen LogP contribution in [0.2, 0.25) is 0 Å². The van der Waals surface area contributed by atoms with Gasteiger partial charge < -0.3 is 20.2 Å². The van der Waals surface area contributed by atoms with E-state index in [4.69, 9.17) is 10.5 Å². The van der Waals surface area contributed by atoms with Gasteiger partial charge in [0.05, 0.1) is 12.8 Å². The number of ether oxygens (including phenoxy) is 1. The van der Waals surface area contributed by atoms with Gasteiger partial charge in [0.15, 0.2) is 5.96 Å². The number of nitrogens with zero attached hydrogens (tertiary/aromatic N) is 3. The third kappa shape index (κ3) is 4.85. The summed E-state index contributed by atoms with van der Waals surface area (Å²) in [6, 6.07) is 11.6. The zero-order valence-electron chi connectivity index (χ0n) is 14.3. The molecule has 25 heavy (non-hydrogen) atoms. The molecule has 3 aromatic rings. The number of nitrogens with two attached hydrogens (primary N) is 1. The van der Waals surface area contributed by atoms with Gasteiger partial charge in [-0.3, -0.25) is 4.99 Å². The molecule has 0 aliphatic heterocycles. The number of guanidine groups is 1. The smallest absolute Gasteiger partial charge is 0.193 e. The maximum Gasteiger partial charge on any atom is 0.193 e. The first-order valence-electron chi connectivity index (χ1n) is 7.80. The first kappa shape index (κ1) is 19.0. The molecule has 0 atom stereocenters. The van der Waals surface area contributed by atoms with Crippen LogP contribution in [0, 0.1) is 6.92 Å². The van der Waals surface area contributed by atoms with Gasteiger partial charge in [0.1, 0.15) is 11.4 Å². The van der Waals surface area contributed by atoms with Crippen LogP contribution >= 0.6 is 24.0 Å². The number of methoxy groups -OCH3 is 1. The normalized spacial score (nSPS) is 11.2. The van der Waals surface area contributed by atoms with Crippen molar-refractivity contribution in [1.29, 1.82) is 0 Å². The number of aromatic nitrogens is 2. The van der Waals surface area contributed by atoms with E-state index in [1.807, 2.05) is 47.1 Å². The summed E-state index contributed by atoms with van der Waals surface area (Å²) in [6.07, 6.45) is 4.78. The number of imidazole rings is 1. The second-order valence-corrected chi connectivity index (χ2v) is 5.52. The molecule has 0 radical (unpaired) electrons. The van der Waals surface area contributed by atoms with E-state index in [1.165, 1.54) is 0 Å². The Kier molecular flexibility index (Phi) is 6.63.